The van der Waals surface area contributed by atoms with Gasteiger partial charge in [-0.15, -0.1) is 0 Å². The fourth-order valence-corrected chi connectivity index (χ4v) is 1.79. The van der Waals surface area contributed by atoms with E-state index in [0.717, 1.165) is 16.7 Å². The number of hydrogen-bond acceptors (Lipinski definition) is 5. The molecule has 0 fully saturated rings. The van der Waals surface area contributed by atoms with Crippen molar-refractivity contribution in [2.75, 3.05) is 14.2 Å². The second-order valence-corrected chi connectivity index (χ2v) is 4.37. The molecule has 5 nitrogen and oxygen atoms in total. The van der Waals surface area contributed by atoms with Gasteiger partial charge >= 0.3 is 5.97 Å². The predicted molar refractivity (Wildman–Crippen MR) is 76.0 cm³/mol. The van der Waals surface area contributed by atoms with Crippen molar-refractivity contribution in [3.05, 3.63) is 46.7 Å². The molecule has 108 valence electrons. The first kappa shape index (κ1) is 15.8. The van der Waals surface area contributed by atoms with Crippen LogP contribution in [-0.2, 0) is 20.7 Å². The summed E-state index contributed by atoms with van der Waals surface area (Å²) >= 11 is 0. The number of nitrogens with zero attached hydrogens (tertiary/aromatic N) is 1. The Balaban J connectivity index is 3.12. The number of carbonyl (C=O) groups excluding carboxylic acids is 1. The molecule has 0 bridgehead atoms. The van der Waals surface area contributed by atoms with Crippen LogP contribution in [0.2, 0.25) is 0 Å². The zero-order valence-corrected chi connectivity index (χ0v) is 12.1. The lowest BCUT2D eigenvalue weighted by Gasteiger charge is -2.10. The Morgan fingerprint density at radius 1 is 1.40 bits per heavy atom. The molecular weight excluding hydrogens is 258 g/mol. The molecule has 0 saturated heterocycles. The Bertz CT molecular complexity index is 547. The van der Waals surface area contributed by atoms with Gasteiger partial charge in [0.05, 0.1) is 31.8 Å². The van der Waals surface area contributed by atoms with Crippen LogP contribution >= 0.6 is 0 Å². The summed E-state index contributed by atoms with van der Waals surface area (Å²) in [4.78, 5) is 11.7. The van der Waals surface area contributed by atoms with Gasteiger partial charge in [-0.1, -0.05) is 17.3 Å². The lowest BCUT2D eigenvalue weighted by atomic mass is 9.97. The van der Waals surface area contributed by atoms with E-state index in [1.165, 1.54) is 20.5 Å². The minimum absolute atomic E-state index is 0.388. The lowest BCUT2D eigenvalue weighted by Crippen LogP contribution is -2.09. The van der Waals surface area contributed by atoms with Gasteiger partial charge < -0.3 is 14.7 Å². The van der Waals surface area contributed by atoms with Gasteiger partial charge in [-0.05, 0) is 36.6 Å². The largest absolute Gasteiger partial charge is 0.504 e. The molecule has 0 aliphatic rings. The van der Waals surface area contributed by atoms with Crippen LogP contribution in [0.15, 0.2) is 35.2 Å². The third kappa shape index (κ3) is 3.85. The van der Waals surface area contributed by atoms with Crippen molar-refractivity contribution in [1.29, 1.82) is 0 Å². The van der Waals surface area contributed by atoms with Gasteiger partial charge in [0.15, 0.2) is 0 Å². The predicted octanol–water partition coefficient (Wildman–Crippen LogP) is 2.44. The zero-order valence-electron chi connectivity index (χ0n) is 12.1. The molecule has 0 atom stereocenters. The summed E-state index contributed by atoms with van der Waals surface area (Å²) in [6, 6.07) is 5.67. The van der Waals surface area contributed by atoms with E-state index in [1.54, 1.807) is 6.92 Å². The molecule has 20 heavy (non-hydrogen) atoms. The van der Waals surface area contributed by atoms with E-state index < -0.39 is 5.97 Å². The van der Waals surface area contributed by atoms with Crippen molar-refractivity contribution in [1.82, 2.24) is 0 Å². The number of rotatable bonds is 5. The molecule has 0 amide bonds. The third-order valence-corrected chi connectivity index (χ3v) is 3.01. The molecule has 0 radical (unpaired) electrons. The van der Waals surface area contributed by atoms with E-state index in [0.29, 0.717) is 17.7 Å². The summed E-state index contributed by atoms with van der Waals surface area (Å²) in [6.45, 7) is 3.66. The number of carbonyl (C=O) groups is 1. The topological polar surface area (TPSA) is 68.1 Å². The molecule has 1 N–H and O–H groups in total. The molecule has 0 saturated carbocycles. The van der Waals surface area contributed by atoms with Crippen molar-refractivity contribution >= 4 is 11.7 Å². The van der Waals surface area contributed by atoms with E-state index in [1.807, 2.05) is 25.1 Å². The second kappa shape index (κ2) is 7.33. The zero-order chi connectivity index (χ0) is 15.1. The molecule has 0 unspecified atom stereocenters. The standard InChI is InChI=1S/C15H19NO4/c1-10-5-6-12(11(2)16-18)7-13(10)8-14(9-19-3)15(17)20-4/h5-7,9,18H,8H2,1-4H3/b14-9+,16-11?. The van der Waals surface area contributed by atoms with Crippen LogP contribution < -0.4 is 0 Å². The highest BCUT2D eigenvalue weighted by molar-refractivity contribution is 5.98. The van der Waals surface area contributed by atoms with Gasteiger partial charge in [0, 0.05) is 6.42 Å². The minimum Gasteiger partial charge on any atom is -0.504 e. The van der Waals surface area contributed by atoms with Crippen LogP contribution in [-0.4, -0.2) is 31.1 Å². The molecule has 1 aromatic carbocycles. The van der Waals surface area contributed by atoms with Crippen molar-refractivity contribution in [3.63, 3.8) is 0 Å². The average molecular weight is 277 g/mol. The summed E-state index contributed by atoms with van der Waals surface area (Å²) in [5, 5.41) is 12.0. The Labute approximate surface area is 118 Å². The van der Waals surface area contributed by atoms with Crippen molar-refractivity contribution in [3.8, 4) is 0 Å². The number of benzene rings is 1. The highest BCUT2D eigenvalue weighted by atomic mass is 16.5. The van der Waals surface area contributed by atoms with Crippen molar-refractivity contribution < 1.29 is 19.5 Å². The molecule has 1 aromatic rings. The summed E-state index contributed by atoms with van der Waals surface area (Å²) in [5.74, 6) is -0.427. The molecule has 1 rings (SSSR count). The van der Waals surface area contributed by atoms with Gasteiger partial charge in [-0.25, -0.2) is 4.79 Å². The first-order valence-electron chi connectivity index (χ1n) is 6.12. The van der Waals surface area contributed by atoms with E-state index in [4.69, 9.17) is 14.7 Å². The van der Waals surface area contributed by atoms with Gasteiger partial charge in [0.2, 0.25) is 0 Å². The Morgan fingerprint density at radius 3 is 2.65 bits per heavy atom. The minimum atomic E-state index is -0.427. The maximum atomic E-state index is 11.7. The maximum absolute atomic E-state index is 11.7. The Kier molecular flexibility index (Phi) is 5.77. The number of oxime groups is 1. The van der Waals surface area contributed by atoms with Crippen LogP contribution in [0.3, 0.4) is 0 Å². The molecular formula is C15H19NO4. The quantitative estimate of drug-likeness (QED) is 0.224. The van der Waals surface area contributed by atoms with E-state index in [2.05, 4.69) is 5.16 Å². The first-order valence-corrected chi connectivity index (χ1v) is 6.12. The van der Waals surface area contributed by atoms with Crippen LogP contribution in [0.4, 0.5) is 0 Å². The first-order chi connectivity index (χ1) is 9.53. The summed E-state index contributed by atoms with van der Waals surface area (Å²) in [6.07, 6.45) is 1.77. The van der Waals surface area contributed by atoms with Crippen molar-refractivity contribution in [2.45, 2.75) is 20.3 Å². The highest BCUT2D eigenvalue weighted by Crippen LogP contribution is 2.17. The molecule has 5 heteroatoms. The van der Waals surface area contributed by atoms with Gasteiger partial charge in [-0.3, -0.25) is 0 Å². The van der Waals surface area contributed by atoms with Gasteiger partial charge in [0.1, 0.15) is 0 Å². The molecule has 0 spiro atoms. The third-order valence-electron chi connectivity index (χ3n) is 3.01. The maximum Gasteiger partial charge on any atom is 0.337 e. The van der Waals surface area contributed by atoms with E-state index in [9.17, 15) is 4.79 Å². The fourth-order valence-electron chi connectivity index (χ4n) is 1.79. The summed E-state index contributed by atoms with van der Waals surface area (Å²) in [5.41, 5.74) is 3.72. The molecule has 0 aliphatic carbocycles. The average Bonchev–Trinajstić information content (AvgIpc) is 2.47. The Morgan fingerprint density at radius 2 is 2.10 bits per heavy atom. The second-order valence-electron chi connectivity index (χ2n) is 4.37. The van der Waals surface area contributed by atoms with E-state index in [-0.39, 0.29) is 0 Å². The molecule has 0 heterocycles. The van der Waals surface area contributed by atoms with Crippen LogP contribution in [0.5, 0.6) is 0 Å². The van der Waals surface area contributed by atoms with Gasteiger partial charge in [0.25, 0.3) is 0 Å². The van der Waals surface area contributed by atoms with Gasteiger partial charge in [-0.2, -0.15) is 0 Å². The number of aryl methyl sites for hydroxylation is 1. The molecule has 0 aliphatic heterocycles. The number of methoxy groups -OCH3 is 2. The SMILES string of the molecule is CO/C=C(\Cc1cc(C(C)=NO)ccc1C)C(=O)OC. The van der Waals surface area contributed by atoms with Crippen molar-refractivity contribution in [2.24, 2.45) is 5.16 Å². The highest BCUT2D eigenvalue weighted by Gasteiger charge is 2.13. The summed E-state index contributed by atoms with van der Waals surface area (Å²) in [7, 11) is 2.81. The molecule has 0 aromatic heterocycles. The smallest absolute Gasteiger partial charge is 0.337 e. The monoisotopic (exact) mass is 277 g/mol. The van der Waals surface area contributed by atoms with Crippen LogP contribution in [0, 0.1) is 6.92 Å². The Hall–Kier alpha value is -2.30. The van der Waals surface area contributed by atoms with Crippen LogP contribution in [0.25, 0.3) is 0 Å². The normalized spacial score (nSPS) is 12.2. The number of esters is 1. The summed E-state index contributed by atoms with van der Waals surface area (Å²) < 4.78 is 9.64. The number of hydrogen-bond donors (Lipinski definition) is 1. The number of ether oxygens (including phenoxy) is 2. The fraction of sp³-hybridized carbons (Fsp3) is 0.333. The van der Waals surface area contributed by atoms with E-state index >= 15 is 0 Å². The lowest BCUT2D eigenvalue weighted by molar-refractivity contribution is -0.136. The van der Waals surface area contributed by atoms with Crippen LogP contribution in [0.1, 0.15) is 23.6 Å².